The van der Waals surface area contributed by atoms with Crippen LogP contribution < -0.4 is 15.8 Å². The number of esters is 1. The first-order chi connectivity index (χ1) is 9.15. The number of benzene rings is 1. The monoisotopic (exact) mass is 266 g/mol. The average molecular weight is 266 g/mol. The number of hydrogen-bond acceptors (Lipinski definition) is 5. The van der Waals surface area contributed by atoms with Crippen LogP contribution in [0.2, 0.25) is 0 Å². The van der Waals surface area contributed by atoms with E-state index in [0.29, 0.717) is 31.9 Å². The van der Waals surface area contributed by atoms with Gasteiger partial charge in [0.15, 0.2) is 0 Å². The van der Waals surface area contributed by atoms with E-state index in [2.05, 4.69) is 5.32 Å². The molecule has 3 N–H and O–H groups in total. The second-order valence-electron chi connectivity index (χ2n) is 4.12. The van der Waals surface area contributed by atoms with Gasteiger partial charge in [0.2, 0.25) is 0 Å². The lowest BCUT2D eigenvalue weighted by atomic mass is 10.2. The van der Waals surface area contributed by atoms with E-state index in [9.17, 15) is 4.79 Å². The predicted octanol–water partition coefficient (Wildman–Crippen LogP) is 2.42. The third-order valence-corrected chi connectivity index (χ3v) is 2.37. The summed E-state index contributed by atoms with van der Waals surface area (Å²) in [4.78, 5) is 11.2. The minimum atomic E-state index is -0.207. The van der Waals surface area contributed by atoms with Crippen molar-refractivity contribution in [2.75, 3.05) is 30.8 Å². The highest BCUT2D eigenvalue weighted by Gasteiger charge is 2.03. The van der Waals surface area contributed by atoms with Crippen LogP contribution in [0.15, 0.2) is 18.2 Å². The van der Waals surface area contributed by atoms with Crippen molar-refractivity contribution in [1.82, 2.24) is 0 Å². The van der Waals surface area contributed by atoms with E-state index in [4.69, 9.17) is 15.2 Å². The molecule has 1 aromatic rings. The first kappa shape index (κ1) is 15.1. The van der Waals surface area contributed by atoms with Crippen molar-refractivity contribution in [1.29, 1.82) is 0 Å². The zero-order valence-corrected chi connectivity index (χ0v) is 11.6. The van der Waals surface area contributed by atoms with E-state index in [-0.39, 0.29) is 5.97 Å². The molecule has 106 valence electrons. The molecule has 0 aromatic heterocycles. The smallest absolute Gasteiger partial charge is 0.307 e. The first-order valence-corrected chi connectivity index (χ1v) is 6.58. The van der Waals surface area contributed by atoms with Crippen molar-refractivity contribution >= 4 is 17.3 Å². The molecule has 0 unspecified atom stereocenters. The van der Waals surface area contributed by atoms with Gasteiger partial charge in [0.25, 0.3) is 0 Å². The molecule has 0 radical (unpaired) electrons. The fraction of sp³-hybridized carbons (Fsp3) is 0.500. The van der Waals surface area contributed by atoms with Gasteiger partial charge in [0, 0.05) is 30.1 Å². The quantitative estimate of drug-likeness (QED) is 0.558. The van der Waals surface area contributed by atoms with Crippen LogP contribution in [0.25, 0.3) is 0 Å². The standard InChI is InChI=1S/C14H22N2O3/c1-3-7-19-13-9-11(15)8-12(10-13)16-6-5-14(17)18-4-2/h8-10,16H,3-7,15H2,1-2H3. The molecule has 0 heterocycles. The number of ether oxygens (including phenoxy) is 2. The molecule has 0 saturated carbocycles. The summed E-state index contributed by atoms with van der Waals surface area (Å²) in [5.41, 5.74) is 7.27. The minimum absolute atomic E-state index is 0.207. The zero-order chi connectivity index (χ0) is 14.1. The van der Waals surface area contributed by atoms with E-state index < -0.39 is 0 Å². The van der Waals surface area contributed by atoms with E-state index in [1.54, 1.807) is 13.0 Å². The van der Waals surface area contributed by atoms with Gasteiger partial charge in [-0.3, -0.25) is 4.79 Å². The lowest BCUT2D eigenvalue weighted by Gasteiger charge is -2.10. The maximum Gasteiger partial charge on any atom is 0.307 e. The molecule has 5 nitrogen and oxygen atoms in total. The first-order valence-electron chi connectivity index (χ1n) is 6.58. The third-order valence-electron chi connectivity index (χ3n) is 2.37. The number of carbonyl (C=O) groups is 1. The van der Waals surface area contributed by atoms with Crippen LogP contribution in [-0.2, 0) is 9.53 Å². The molecule has 0 aliphatic heterocycles. The maximum absolute atomic E-state index is 11.2. The van der Waals surface area contributed by atoms with Gasteiger partial charge in [-0.05, 0) is 19.4 Å². The molecule has 0 spiro atoms. The van der Waals surface area contributed by atoms with E-state index in [0.717, 1.165) is 17.9 Å². The summed E-state index contributed by atoms with van der Waals surface area (Å²) < 4.78 is 10.4. The number of hydrogen-bond donors (Lipinski definition) is 2. The molecule has 0 bridgehead atoms. The Labute approximate surface area is 114 Å². The zero-order valence-electron chi connectivity index (χ0n) is 11.6. The number of carbonyl (C=O) groups excluding carboxylic acids is 1. The van der Waals surface area contributed by atoms with Crippen LogP contribution >= 0.6 is 0 Å². The van der Waals surface area contributed by atoms with Gasteiger partial charge in [-0.2, -0.15) is 0 Å². The Balaban J connectivity index is 2.48. The molecule has 5 heteroatoms. The summed E-state index contributed by atoms with van der Waals surface area (Å²) in [5.74, 6) is 0.529. The van der Waals surface area contributed by atoms with Crippen molar-refractivity contribution in [2.24, 2.45) is 0 Å². The molecule has 0 amide bonds. The molecule has 0 saturated heterocycles. The van der Waals surface area contributed by atoms with E-state index >= 15 is 0 Å². The van der Waals surface area contributed by atoms with E-state index in [1.165, 1.54) is 0 Å². The van der Waals surface area contributed by atoms with Crippen molar-refractivity contribution in [2.45, 2.75) is 26.7 Å². The van der Waals surface area contributed by atoms with Crippen LogP contribution in [0.5, 0.6) is 5.75 Å². The Morgan fingerprint density at radius 2 is 2.11 bits per heavy atom. The molecule has 0 atom stereocenters. The number of nitrogens with one attached hydrogen (secondary N) is 1. The normalized spacial score (nSPS) is 10.0. The Hall–Kier alpha value is -1.91. The van der Waals surface area contributed by atoms with Gasteiger partial charge in [0.1, 0.15) is 5.75 Å². The number of nitrogen functional groups attached to an aromatic ring is 1. The van der Waals surface area contributed by atoms with Crippen molar-refractivity contribution in [3.05, 3.63) is 18.2 Å². The van der Waals surface area contributed by atoms with Crippen LogP contribution in [0, 0.1) is 0 Å². The largest absolute Gasteiger partial charge is 0.493 e. The molecule has 1 rings (SSSR count). The highest BCUT2D eigenvalue weighted by Crippen LogP contribution is 2.22. The second-order valence-corrected chi connectivity index (χ2v) is 4.12. The molecule has 19 heavy (non-hydrogen) atoms. The van der Waals surface area contributed by atoms with Crippen LogP contribution in [0.4, 0.5) is 11.4 Å². The fourth-order valence-electron chi connectivity index (χ4n) is 1.57. The summed E-state index contributed by atoms with van der Waals surface area (Å²) in [6.07, 6.45) is 1.27. The highest BCUT2D eigenvalue weighted by atomic mass is 16.5. The average Bonchev–Trinajstić information content (AvgIpc) is 2.36. The lowest BCUT2D eigenvalue weighted by Crippen LogP contribution is -2.11. The van der Waals surface area contributed by atoms with Gasteiger partial charge in [-0.25, -0.2) is 0 Å². The highest BCUT2D eigenvalue weighted by molar-refractivity contribution is 5.70. The summed E-state index contributed by atoms with van der Waals surface area (Å²) in [5, 5.41) is 3.13. The van der Waals surface area contributed by atoms with Gasteiger partial charge in [0.05, 0.1) is 19.6 Å². The Morgan fingerprint density at radius 3 is 2.79 bits per heavy atom. The third kappa shape index (κ3) is 5.99. The Kier molecular flexibility index (Phi) is 6.57. The van der Waals surface area contributed by atoms with Gasteiger partial charge in [-0.15, -0.1) is 0 Å². The molecular weight excluding hydrogens is 244 g/mol. The Morgan fingerprint density at radius 1 is 1.32 bits per heavy atom. The van der Waals surface area contributed by atoms with Crippen LogP contribution in [-0.4, -0.2) is 25.7 Å². The Bertz CT molecular complexity index is 408. The molecular formula is C14H22N2O3. The van der Waals surface area contributed by atoms with E-state index in [1.807, 2.05) is 19.1 Å². The molecule has 0 aliphatic carbocycles. The minimum Gasteiger partial charge on any atom is -0.493 e. The lowest BCUT2D eigenvalue weighted by molar-refractivity contribution is -0.142. The van der Waals surface area contributed by atoms with Gasteiger partial charge >= 0.3 is 5.97 Å². The van der Waals surface area contributed by atoms with Crippen LogP contribution in [0.1, 0.15) is 26.7 Å². The molecule has 1 aromatic carbocycles. The fourth-order valence-corrected chi connectivity index (χ4v) is 1.57. The summed E-state index contributed by atoms with van der Waals surface area (Å²) in [6, 6.07) is 5.47. The number of nitrogens with two attached hydrogens (primary N) is 1. The molecule has 0 aliphatic rings. The summed E-state index contributed by atoms with van der Waals surface area (Å²) in [6.45, 7) is 5.42. The SMILES string of the molecule is CCCOc1cc(N)cc(NCCC(=O)OCC)c1. The van der Waals surface area contributed by atoms with Gasteiger partial charge in [-0.1, -0.05) is 6.92 Å². The summed E-state index contributed by atoms with van der Waals surface area (Å²) >= 11 is 0. The summed E-state index contributed by atoms with van der Waals surface area (Å²) in [7, 11) is 0. The number of anilines is 2. The van der Waals surface area contributed by atoms with Gasteiger partial charge < -0.3 is 20.5 Å². The molecule has 0 fully saturated rings. The maximum atomic E-state index is 11.2. The van der Waals surface area contributed by atoms with Crippen molar-refractivity contribution in [3.8, 4) is 5.75 Å². The number of rotatable bonds is 8. The van der Waals surface area contributed by atoms with Crippen molar-refractivity contribution < 1.29 is 14.3 Å². The topological polar surface area (TPSA) is 73.6 Å². The van der Waals surface area contributed by atoms with Crippen LogP contribution in [0.3, 0.4) is 0 Å². The second kappa shape index (κ2) is 8.24. The predicted molar refractivity (Wildman–Crippen MR) is 76.4 cm³/mol. The van der Waals surface area contributed by atoms with Crippen molar-refractivity contribution in [3.63, 3.8) is 0 Å².